The maximum Gasteiger partial charge on any atom is 0.306 e. The molecule has 9 nitrogen and oxygen atoms in total. The number of rotatable bonds is 9. The number of aromatic amines is 1. The van der Waals surface area contributed by atoms with Crippen LogP contribution in [0.3, 0.4) is 0 Å². The molecule has 3 N–H and O–H groups in total. The predicted octanol–water partition coefficient (Wildman–Crippen LogP) is 4.16. The van der Waals surface area contributed by atoms with Gasteiger partial charge in [-0.25, -0.2) is 0 Å². The van der Waals surface area contributed by atoms with Gasteiger partial charge in [0.1, 0.15) is 11.4 Å². The molecule has 1 aromatic carbocycles. The molecule has 44 heavy (non-hydrogen) atoms. The lowest BCUT2D eigenvalue weighted by Crippen LogP contribution is -2.61. The summed E-state index contributed by atoms with van der Waals surface area (Å²) in [6.07, 6.45) is 7.62. The number of carbonyl (C=O) groups excluding carboxylic acids is 5. The Labute approximate surface area is 257 Å². The molecule has 3 saturated carbocycles. The fraction of sp³-hybridized carbons (Fsp3) is 0.571. The van der Waals surface area contributed by atoms with Gasteiger partial charge in [-0.15, -0.1) is 0 Å². The molecule has 0 radical (unpaired) electrons. The molecule has 234 valence electrons. The van der Waals surface area contributed by atoms with E-state index >= 15 is 0 Å². The number of allylic oxidation sites excluding steroid dienone is 1. The summed E-state index contributed by atoms with van der Waals surface area (Å²) >= 11 is 0. The number of H-pyrrole nitrogens is 1. The average molecular weight is 603 g/mol. The summed E-state index contributed by atoms with van der Waals surface area (Å²) in [4.78, 5) is 67.3. The summed E-state index contributed by atoms with van der Waals surface area (Å²) in [6.45, 7) is 3.79. The second-order valence-corrected chi connectivity index (χ2v) is 13.8. The van der Waals surface area contributed by atoms with Crippen LogP contribution >= 0.6 is 0 Å². The highest BCUT2D eigenvalue weighted by atomic mass is 16.5. The Morgan fingerprint density at radius 3 is 2.68 bits per heavy atom. The van der Waals surface area contributed by atoms with E-state index in [0.29, 0.717) is 32.2 Å². The van der Waals surface area contributed by atoms with Gasteiger partial charge in [-0.1, -0.05) is 37.6 Å². The van der Waals surface area contributed by atoms with E-state index in [1.807, 2.05) is 37.4 Å². The minimum atomic E-state index is -1.77. The first-order valence-electron chi connectivity index (χ1n) is 16.0. The Morgan fingerprint density at radius 2 is 1.86 bits per heavy atom. The lowest BCUT2D eigenvalue weighted by molar-refractivity contribution is -0.173. The van der Waals surface area contributed by atoms with Gasteiger partial charge >= 0.3 is 5.97 Å². The van der Waals surface area contributed by atoms with Crippen LogP contribution in [0.1, 0.15) is 77.2 Å². The number of carbonyl (C=O) groups is 5. The van der Waals surface area contributed by atoms with Crippen LogP contribution in [0.4, 0.5) is 0 Å². The predicted molar refractivity (Wildman–Crippen MR) is 162 cm³/mol. The van der Waals surface area contributed by atoms with Crippen molar-refractivity contribution in [2.75, 3.05) is 13.2 Å². The molecule has 1 amide bonds. The van der Waals surface area contributed by atoms with Crippen LogP contribution in [0, 0.1) is 28.6 Å². The number of para-hydroxylation sites is 1. The average Bonchev–Trinajstić information content (AvgIpc) is 3.53. The van der Waals surface area contributed by atoms with Gasteiger partial charge < -0.3 is 20.1 Å². The van der Waals surface area contributed by atoms with Crippen LogP contribution in [0.2, 0.25) is 0 Å². The number of aliphatic hydroxyl groups is 1. The number of Topliss-reactive ketones (excluding diaryl/α,β-unsaturated/α-hetero) is 2. The third-order valence-corrected chi connectivity index (χ3v) is 11.6. The van der Waals surface area contributed by atoms with Crippen molar-refractivity contribution in [1.29, 1.82) is 0 Å². The minimum Gasteiger partial charge on any atom is -0.458 e. The number of ether oxygens (including phenoxy) is 1. The fourth-order valence-corrected chi connectivity index (χ4v) is 9.16. The van der Waals surface area contributed by atoms with Crippen molar-refractivity contribution in [3.05, 3.63) is 47.7 Å². The van der Waals surface area contributed by atoms with Crippen LogP contribution < -0.4 is 5.32 Å². The number of fused-ring (bicyclic) bond motifs is 6. The van der Waals surface area contributed by atoms with Gasteiger partial charge in [0.25, 0.3) is 0 Å². The maximum absolute atomic E-state index is 13.8. The molecule has 9 heteroatoms. The van der Waals surface area contributed by atoms with E-state index in [0.717, 1.165) is 34.9 Å². The minimum absolute atomic E-state index is 0.0150. The van der Waals surface area contributed by atoms with Crippen molar-refractivity contribution < 1.29 is 33.8 Å². The van der Waals surface area contributed by atoms with Gasteiger partial charge in [0.2, 0.25) is 11.7 Å². The number of nitrogens with one attached hydrogen (secondary N) is 2. The van der Waals surface area contributed by atoms with E-state index in [1.54, 1.807) is 6.08 Å². The van der Waals surface area contributed by atoms with Crippen LogP contribution in [-0.2, 0) is 35.1 Å². The molecule has 0 bridgehead atoms. The van der Waals surface area contributed by atoms with Crippen LogP contribution in [0.25, 0.3) is 10.9 Å². The zero-order valence-electron chi connectivity index (χ0n) is 25.6. The third kappa shape index (κ3) is 5.03. The Balaban J connectivity index is 1.01. The van der Waals surface area contributed by atoms with E-state index in [1.165, 1.54) is 0 Å². The van der Waals surface area contributed by atoms with Gasteiger partial charge in [-0.05, 0) is 73.5 Å². The molecule has 2 aromatic rings. The Kier molecular flexibility index (Phi) is 7.89. The number of benzene rings is 1. The first-order chi connectivity index (χ1) is 21.0. The van der Waals surface area contributed by atoms with Crippen LogP contribution in [0.5, 0.6) is 0 Å². The van der Waals surface area contributed by atoms with Crippen molar-refractivity contribution in [2.24, 2.45) is 28.6 Å². The molecule has 0 unspecified atom stereocenters. The Morgan fingerprint density at radius 1 is 1.07 bits per heavy atom. The van der Waals surface area contributed by atoms with E-state index in [9.17, 15) is 29.1 Å². The van der Waals surface area contributed by atoms with E-state index in [-0.39, 0.29) is 66.3 Å². The number of esters is 1. The number of ketones is 3. The van der Waals surface area contributed by atoms with Gasteiger partial charge in [0, 0.05) is 54.2 Å². The Hall–Kier alpha value is -3.59. The van der Waals surface area contributed by atoms with Gasteiger partial charge in [-0.2, -0.15) is 0 Å². The highest BCUT2D eigenvalue weighted by Gasteiger charge is 2.68. The summed E-state index contributed by atoms with van der Waals surface area (Å²) in [7, 11) is 0. The fourth-order valence-electron chi connectivity index (χ4n) is 9.16. The first kappa shape index (κ1) is 30.4. The van der Waals surface area contributed by atoms with Crippen molar-refractivity contribution >= 4 is 40.1 Å². The topological polar surface area (TPSA) is 143 Å². The Bertz CT molecular complexity index is 1560. The molecular weight excluding hydrogens is 560 g/mol. The molecule has 0 aliphatic heterocycles. The largest absolute Gasteiger partial charge is 0.458 e. The lowest BCUT2D eigenvalue weighted by Gasteiger charge is -2.57. The van der Waals surface area contributed by atoms with E-state index < -0.39 is 29.4 Å². The molecule has 0 spiro atoms. The van der Waals surface area contributed by atoms with Crippen LogP contribution in [0.15, 0.2) is 42.1 Å². The summed E-state index contributed by atoms with van der Waals surface area (Å²) in [5, 5.41) is 15.7. The molecule has 6 rings (SSSR count). The highest BCUT2D eigenvalue weighted by Crippen LogP contribution is 2.66. The molecule has 4 aliphatic rings. The number of amides is 1. The molecule has 1 heterocycles. The molecule has 6 atom stereocenters. The number of hydrogen-bond acceptors (Lipinski definition) is 7. The monoisotopic (exact) mass is 602 g/mol. The lowest BCUT2D eigenvalue weighted by atomic mass is 9.46. The normalized spacial score (nSPS) is 32.8. The van der Waals surface area contributed by atoms with E-state index in [2.05, 4.69) is 17.2 Å². The molecule has 4 aliphatic carbocycles. The van der Waals surface area contributed by atoms with Gasteiger partial charge in [0.05, 0.1) is 6.42 Å². The van der Waals surface area contributed by atoms with Crippen molar-refractivity contribution in [3.8, 4) is 0 Å². The summed E-state index contributed by atoms with van der Waals surface area (Å²) < 4.78 is 5.24. The second kappa shape index (κ2) is 11.4. The standard InChI is InChI=1S/C35H42N2O7/c1-33-14-11-23(38)17-22(33)7-8-25-26-12-15-35(43,34(26,2)18-28(39)32(25)33)29(40)20-44-31(42)10-9-30(41)36-16-13-21-19-37-27-6-4-3-5-24(21)27/h3-6,17,19,25-26,32,37,43H,7-16,18,20H2,1-2H3,(H,36,41)/t25-,26-,32+,33+,34+,35+/m1/s1. The third-order valence-electron chi connectivity index (χ3n) is 11.6. The quantitative estimate of drug-likeness (QED) is 0.366. The second-order valence-electron chi connectivity index (χ2n) is 13.8. The summed E-state index contributed by atoms with van der Waals surface area (Å²) in [5.74, 6) is -1.56. The first-order valence-corrected chi connectivity index (χ1v) is 16.0. The zero-order valence-corrected chi connectivity index (χ0v) is 25.6. The van der Waals surface area contributed by atoms with Crippen molar-refractivity contribution in [3.63, 3.8) is 0 Å². The summed E-state index contributed by atoms with van der Waals surface area (Å²) in [5.41, 5.74) is 0.151. The number of hydrogen-bond donors (Lipinski definition) is 3. The zero-order chi connectivity index (χ0) is 31.3. The molecule has 0 saturated heterocycles. The smallest absolute Gasteiger partial charge is 0.306 e. The SMILES string of the molecule is C[C@]12CCC(=O)C=C1CC[C@H]1[C@H]2C(=O)C[C@@]2(C)[C@@H]1CC[C@]2(O)C(=O)COC(=O)CCC(=O)NCCc1c[nH]c2ccccc12. The molecular formula is C35H42N2O7. The number of aromatic nitrogens is 1. The van der Waals surface area contributed by atoms with Crippen molar-refractivity contribution in [2.45, 2.75) is 83.7 Å². The highest BCUT2D eigenvalue weighted by molar-refractivity contribution is 5.95. The van der Waals surface area contributed by atoms with Crippen molar-refractivity contribution in [1.82, 2.24) is 10.3 Å². The molecule has 1 aromatic heterocycles. The van der Waals surface area contributed by atoms with Gasteiger partial charge in [0.15, 0.2) is 12.4 Å². The molecule has 3 fully saturated rings. The van der Waals surface area contributed by atoms with Crippen LogP contribution in [-0.4, -0.2) is 58.1 Å². The summed E-state index contributed by atoms with van der Waals surface area (Å²) in [6, 6.07) is 7.94. The van der Waals surface area contributed by atoms with Gasteiger partial charge in [-0.3, -0.25) is 24.0 Å². The maximum atomic E-state index is 13.8. The van der Waals surface area contributed by atoms with E-state index in [4.69, 9.17) is 4.74 Å².